The Morgan fingerprint density at radius 3 is 2.38 bits per heavy atom. The second-order valence-electron chi connectivity index (χ2n) is 6.85. The molecule has 1 aromatic rings. The van der Waals surface area contributed by atoms with Crippen LogP contribution in [-0.4, -0.2) is 25.0 Å². The van der Waals surface area contributed by atoms with E-state index in [0.29, 0.717) is 21.7 Å². The summed E-state index contributed by atoms with van der Waals surface area (Å²) in [7, 11) is 0. The SMILES string of the molecule is CC(=O)c1sc(N2CCC(C)(C)CC2)c(OC(C)C)c1N. The lowest BCUT2D eigenvalue weighted by molar-refractivity contribution is 0.102. The van der Waals surface area contributed by atoms with Crippen LogP contribution in [0.15, 0.2) is 0 Å². The van der Waals surface area contributed by atoms with Crippen molar-refractivity contribution in [3.8, 4) is 5.75 Å². The summed E-state index contributed by atoms with van der Waals surface area (Å²) in [5, 5.41) is 1.02. The van der Waals surface area contributed by atoms with E-state index in [1.165, 1.54) is 11.3 Å². The van der Waals surface area contributed by atoms with Crippen molar-refractivity contribution in [2.24, 2.45) is 5.41 Å². The minimum atomic E-state index is 0.00898. The van der Waals surface area contributed by atoms with Crippen LogP contribution in [0.3, 0.4) is 0 Å². The van der Waals surface area contributed by atoms with Crippen LogP contribution in [0, 0.1) is 5.41 Å². The van der Waals surface area contributed by atoms with Gasteiger partial charge in [-0.15, -0.1) is 11.3 Å². The Morgan fingerprint density at radius 1 is 1.33 bits per heavy atom. The summed E-state index contributed by atoms with van der Waals surface area (Å²) in [5.41, 5.74) is 7.04. The Bertz CT molecular complexity index is 525. The van der Waals surface area contributed by atoms with Gasteiger partial charge in [-0.3, -0.25) is 4.79 Å². The number of piperidine rings is 1. The molecule has 2 heterocycles. The number of hydrogen-bond donors (Lipinski definition) is 1. The van der Waals surface area contributed by atoms with Crippen molar-refractivity contribution in [3.05, 3.63) is 4.88 Å². The molecule has 4 nitrogen and oxygen atoms in total. The lowest BCUT2D eigenvalue weighted by Crippen LogP contribution is -2.37. The van der Waals surface area contributed by atoms with E-state index >= 15 is 0 Å². The van der Waals surface area contributed by atoms with E-state index in [-0.39, 0.29) is 11.9 Å². The monoisotopic (exact) mass is 310 g/mol. The number of ether oxygens (including phenoxy) is 1. The predicted molar refractivity (Wildman–Crippen MR) is 89.7 cm³/mol. The van der Waals surface area contributed by atoms with Crippen molar-refractivity contribution in [2.45, 2.75) is 53.6 Å². The predicted octanol–water partition coefficient (Wildman–Crippen LogP) is 3.95. The molecule has 0 saturated carbocycles. The first-order valence-corrected chi connectivity index (χ1v) is 8.38. The highest BCUT2D eigenvalue weighted by atomic mass is 32.1. The van der Waals surface area contributed by atoms with Crippen LogP contribution in [-0.2, 0) is 0 Å². The Labute approximate surface area is 131 Å². The Morgan fingerprint density at radius 2 is 1.90 bits per heavy atom. The fourth-order valence-electron chi connectivity index (χ4n) is 2.55. The molecule has 0 atom stereocenters. The summed E-state index contributed by atoms with van der Waals surface area (Å²) in [6.07, 6.45) is 2.32. The van der Waals surface area contributed by atoms with Crippen molar-refractivity contribution in [1.82, 2.24) is 0 Å². The molecule has 1 fully saturated rings. The third-order valence-corrected chi connectivity index (χ3v) is 5.31. The number of Topliss-reactive ketones (excluding diaryl/α,β-unsaturated/α-hetero) is 1. The third-order valence-electron chi connectivity index (χ3n) is 3.96. The van der Waals surface area contributed by atoms with Crippen molar-refractivity contribution >= 4 is 27.8 Å². The molecule has 0 radical (unpaired) electrons. The number of thiophene rings is 1. The zero-order valence-electron chi connectivity index (χ0n) is 13.7. The van der Waals surface area contributed by atoms with Gasteiger partial charge >= 0.3 is 0 Å². The number of nitrogens with two attached hydrogens (primary N) is 1. The van der Waals surface area contributed by atoms with E-state index in [2.05, 4.69) is 18.7 Å². The highest BCUT2D eigenvalue weighted by molar-refractivity contribution is 7.19. The topological polar surface area (TPSA) is 55.6 Å². The third kappa shape index (κ3) is 3.51. The van der Waals surface area contributed by atoms with Crippen LogP contribution in [0.5, 0.6) is 5.75 Å². The number of carbonyl (C=O) groups is 1. The average molecular weight is 310 g/mol. The number of ketones is 1. The number of anilines is 2. The van der Waals surface area contributed by atoms with Crippen molar-refractivity contribution in [3.63, 3.8) is 0 Å². The summed E-state index contributed by atoms with van der Waals surface area (Å²) < 4.78 is 5.90. The van der Waals surface area contributed by atoms with E-state index in [9.17, 15) is 4.79 Å². The van der Waals surface area contributed by atoms with Crippen LogP contribution in [0.2, 0.25) is 0 Å². The van der Waals surface area contributed by atoms with Gasteiger partial charge in [-0.2, -0.15) is 0 Å². The van der Waals surface area contributed by atoms with Crippen molar-refractivity contribution in [2.75, 3.05) is 23.7 Å². The molecule has 2 rings (SSSR count). The van der Waals surface area contributed by atoms with Gasteiger partial charge in [0.15, 0.2) is 11.5 Å². The molecule has 5 heteroatoms. The van der Waals surface area contributed by atoms with Gasteiger partial charge in [0.1, 0.15) is 5.00 Å². The molecule has 0 amide bonds. The van der Waals surface area contributed by atoms with Gasteiger partial charge in [-0.25, -0.2) is 0 Å². The van der Waals surface area contributed by atoms with E-state index in [4.69, 9.17) is 10.5 Å². The highest BCUT2D eigenvalue weighted by Gasteiger charge is 2.30. The highest BCUT2D eigenvalue weighted by Crippen LogP contribution is 2.47. The summed E-state index contributed by atoms with van der Waals surface area (Å²) in [6, 6.07) is 0. The zero-order chi connectivity index (χ0) is 15.8. The molecule has 1 aromatic heterocycles. The Kier molecular flexibility index (Phi) is 4.51. The molecule has 118 valence electrons. The molecular formula is C16H26N2O2S. The standard InChI is InChI=1S/C16H26N2O2S/c1-10(2)20-13-12(17)14(11(3)19)21-15(13)18-8-6-16(4,5)7-9-18/h10H,6-9,17H2,1-5H3. The molecule has 1 aliphatic rings. The number of carbonyl (C=O) groups excluding carboxylic acids is 1. The first-order valence-electron chi connectivity index (χ1n) is 7.56. The summed E-state index contributed by atoms with van der Waals surface area (Å²) >= 11 is 1.47. The van der Waals surface area contributed by atoms with Gasteiger partial charge in [0.2, 0.25) is 0 Å². The fraction of sp³-hybridized carbons (Fsp3) is 0.688. The number of hydrogen-bond acceptors (Lipinski definition) is 5. The second kappa shape index (κ2) is 5.87. The number of nitrogen functional groups attached to an aromatic ring is 1. The fourth-order valence-corrected chi connectivity index (χ4v) is 3.65. The van der Waals surface area contributed by atoms with E-state index in [0.717, 1.165) is 30.9 Å². The van der Waals surface area contributed by atoms with Crippen LogP contribution in [0.4, 0.5) is 10.7 Å². The molecule has 0 aromatic carbocycles. The van der Waals surface area contributed by atoms with Crippen molar-refractivity contribution < 1.29 is 9.53 Å². The summed E-state index contributed by atoms with van der Waals surface area (Å²) in [5.74, 6) is 0.703. The van der Waals surface area contributed by atoms with Crippen molar-refractivity contribution in [1.29, 1.82) is 0 Å². The normalized spacial score (nSPS) is 18.1. The zero-order valence-corrected chi connectivity index (χ0v) is 14.5. The minimum Gasteiger partial charge on any atom is -0.486 e. The molecule has 1 aliphatic heterocycles. The lowest BCUT2D eigenvalue weighted by Gasteiger charge is -2.37. The van der Waals surface area contributed by atoms with Gasteiger partial charge < -0.3 is 15.4 Å². The van der Waals surface area contributed by atoms with Crippen LogP contribution < -0.4 is 15.4 Å². The smallest absolute Gasteiger partial charge is 0.177 e. The Hall–Kier alpha value is -1.23. The Balaban J connectivity index is 2.33. The molecular weight excluding hydrogens is 284 g/mol. The summed E-state index contributed by atoms with van der Waals surface area (Å²) in [4.78, 5) is 14.7. The molecule has 0 spiro atoms. The van der Waals surface area contributed by atoms with Gasteiger partial charge in [0.05, 0.1) is 16.7 Å². The second-order valence-corrected chi connectivity index (χ2v) is 7.85. The molecule has 2 N–H and O–H groups in total. The maximum absolute atomic E-state index is 11.8. The summed E-state index contributed by atoms with van der Waals surface area (Å²) in [6.45, 7) is 12.1. The van der Waals surface area contributed by atoms with Crippen LogP contribution >= 0.6 is 11.3 Å². The average Bonchev–Trinajstić information content (AvgIpc) is 2.67. The molecule has 1 saturated heterocycles. The van der Waals surface area contributed by atoms with Gasteiger partial charge in [-0.1, -0.05) is 13.8 Å². The van der Waals surface area contributed by atoms with Crippen LogP contribution in [0.1, 0.15) is 57.1 Å². The van der Waals surface area contributed by atoms with Crippen LogP contribution in [0.25, 0.3) is 0 Å². The first kappa shape index (κ1) is 16.1. The van der Waals surface area contributed by atoms with Gasteiger partial charge in [-0.05, 0) is 32.1 Å². The van der Waals surface area contributed by atoms with E-state index in [1.807, 2.05) is 13.8 Å². The minimum absolute atomic E-state index is 0.00898. The van der Waals surface area contributed by atoms with Gasteiger partial charge in [0.25, 0.3) is 0 Å². The molecule has 0 aliphatic carbocycles. The maximum atomic E-state index is 11.8. The number of rotatable bonds is 4. The quantitative estimate of drug-likeness (QED) is 0.856. The van der Waals surface area contributed by atoms with E-state index < -0.39 is 0 Å². The largest absolute Gasteiger partial charge is 0.486 e. The van der Waals surface area contributed by atoms with Gasteiger partial charge in [0, 0.05) is 20.0 Å². The maximum Gasteiger partial charge on any atom is 0.177 e. The lowest BCUT2D eigenvalue weighted by atomic mass is 9.83. The number of nitrogens with zero attached hydrogens (tertiary/aromatic N) is 1. The molecule has 0 unspecified atom stereocenters. The molecule has 0 bridgehead atoms. The first-order chi connectivity index (χ1) is 9.71. The molecule has 21 heavy (non-hydrogen) atoms. The van der Waals surface area contributed by atoms with E-state index in [1.54, 1.807) is 6.92 Å².